The van der Waals surface area contributed by atoms with Gasteiger partial charge in [-0.1, -0.05) is 90.8 Å². The second kappa shape index (κ2) is 10.3. The number of hydrogen-bond acceptors (Lipinski definition) is 4. The van der Waals surface area contributed by atoms with E-state index >= 15 is 0 Å². The summed E-state index contributed by atoms with van der Waals surface area (Å²) in [4.78, 5) is 8.46. The second-order valence-electron chi connectivity index (χ2n) is 10.5. The molecule has 1 aliphatic heterocycles. The van der Waals surface area contributed by atoms with Crippen molar-refractivity contribution in [1.82, 2.24) is 0 Å². The van der Waals surface area contributed by atoms with Gasteiger partial charge in [-0.2, -0.15) is 0 Å². The molecule has 5 heteroatoms. The molecule has 0 spiro atoms. The van der Waals surface area contributed by atoms with E-state index in [0.29, 0.717) is 11.8 Å². The first kappa shape index (κ1) is 25.9. The first-order chi connectivity index (χ1) is 18.3. The molecular formula is C33H31BS4. The lowest BCUT2D eigenvalue weighted by Crippen LogP contribution is -2.00. The van der Waals surface area contributed by atoms with E-state index < -0.39 is 0 Å². The molecule has 1 aromatic carbocycles. The summed E-state index contributed by atoms with van der Waals surface area (Å²) in [5, 5.41) is 0. The second-order valence-corrected chi connectivity index (χ2v) is 14.8. The summed E-state index contributed by atoms with van der Waals surface area (Å²) < 4.78 is 2.92. The van der Waals surface area contributed by atoms with Crippen LogP contribution in [0, 0.1) is 25.7 Å². The van der Waals surface area contributed by atoms with Gasteiger partial charge in [0, 0.05) is 39.7 Å². The predicted octanol–water partition coefficient (Wildman–Crippen LogP) is 9.87. The van der Waals surface area contributed by atoms with Crippen LogP contribution in [0.2, 0.25) is 0 Å². The molecule has 0 bridgehead atoms. The Morgan fingerprint density at radius 2 is 1.53 bits per heavy atom. The zero-order valence-electron chi connectivity index (χ0n) is 22.7. The van der Waals surface area contributed by atoms with Gasteiger partial charge >= 0.3 is 0 Å². The standard InChI is InChI=1S/C33H31BS4/c1-18-6-9-23(10-7-18)16-27-21(4)15-28(36-27)30-22(5)31-33(37-30)29(34)32(38-31)26-13-12-25(35-26)17-24-11-8-19(2)14-20(24)3/h6-17,20-21H,34H2,1-5H3. The number of hydrogen-bond donors (Lipinski definition) is 0. The van der Waals surface area contributed by atoms with Crippen molar-refractivity contribution in [3.8, 4) is 9.75 Å². The Balaban J connectivity index is 1.27. The molecule has 0 radical (unpaired) electrons. The number of allylic oxidation sites excluding steroid dienone is 7. The molecule has 4 aromatic rings. The third kappa shape index (κ3) is 4.90. The van der Waals surface area contributed by atoms with Gasteiger partial charge in [-0.25, -0.2) is 0 Å². The van der Waals surface area contributed by atoms with Crippen molar-refractivity contribution < 1.29 is 0 Å². The summed E-state index contributed by atoms with van der Waals surface area (Å²) in [7, 11) is 2.31. The maximum absolute atomic E-state index is 2.46. The van der Waals surface area contributed by atoms with Gasteiger partial charge in [0.05, 0.1) is 0 Å². The first-order valence-electron chi connectivity index (χ1n) is 13.2. The van der Waals surface area contributed by atoms with Gasteiger partial charge in [-0.3, -0.25) is 0 Å². The molecule has 190 valence electrons. The quantitative estimate of drug-likeness (QED) is 0.222. The van der Waals surface area contributed by atoms with Crippen molar-refractivity contribution in [1.29, 1.82) is 0 Å². The van der Waals surface area contributed by atoms with E-state index in [9.17, 15) is 0 Å². The van der Waals surface area contributed by atoms with Crippen molar-refractivity contribution in [3.63, 3.8) is 0 Å². The Morgan fingerprint density at radius 1 is 0.763 bits per heavy atom. The maximum Gasteiger partial charge on any atom is 0.143 e. The first-order valence-corrected chi connectivity index (χ1v) is 16.4. The highest BCUT2D eigenvalue weighted by atomic mass is 32.2. The van der Waals surface area contributed by atoms with Crippen LogP contribution in [0.5, 0.6) is 0 Å². The summed E-state index contributed by atoms with van der Waals surface area (Å²) in [5.41, 5.74) is 8.21. The number of thiophene rings is 3. The van der Waals surface area contributed by atoms with Crippen LogP contribution in [-0.4, -0.2) is 7.85 Å². The van der Waals surface area contributed by atoms with Gasteiger partial charge in [-0.15, -0.1) is 34.0 Å². The molecule has 6 rings (SSSR count). The lowest BCUT2D eigenvalue weighted by Gasteiger charge is -2.13. The number of benzene rings is 1. The van der Waals surface area contributed by atoms with Crippen LogP contribution < -0.4 is 5.46 Å². The lowest BCUT2D eigenvalue weighted by atomic mass is 9.93. The van der Waals surface area contributed by atoms with Crippen molar-refractivity contribution in [2.45, 2.75) is 34.6 Å². The highest BCUT2D eigenvalue weighted by molar-refractivity contribution is 8.12. The average molecular weight is 567 g/mol. The van der Waals surface area contributed by atoms with Crippen LogP contribution in [-0.2, 0) is 0 Å². The van der Waals surface area contributed by atoms with E-state index in [1.54, 1.807) is 0 Å². The minimum Gasteiger partial charge on any atom is -0.135 e. The fourth-order valence-corrected chi connectivity index (χ4v) is 10.4. The maximum atomic E-state index is 2.46. The number of rotatable bonds is 4. The zero-order valence-corrected chi connectivity index (χ0v) is 26.0. The van der Waals surface area contributed by atoms with Crippen LogP contribution in [0.1, 0.15) is 47.2 Å². The third-order valence-corrected chi connectivity index (χ3v) is 13.0. The molecule has 0 amide bonds. The molecular weight excluding hydrogens is 535 g/mol. The van der Waals surface area contributed by atoms with Crippen molar-refractivity contribution >= 4 is 85.5 Å². The van der Waals surface area contributed by atoms with Gasteiger partial charge < -0.3 is 0 Å². The van der Waals surface area contributed by atoms with Crippen molar-refractivity contribution in [2.24, 2.45) is 11.8 Å². The highest BCUT2D eigenvalue weighted by Gasteiger charge is 2.25. The Bertz CT molecular complexity index is 1700. The third-order valence-electron chi connectivity index (χ3n) is 7.40. The Hall–Kier alpha value is -2.31. The van der Waals surface area contributed by atoms with Gasteiger partial charge in [0.2, 0.25) is 0 Å². The summed E-state index contributed by atoms with van der Waals surface area (Å²) in [5.74, 6) is 0.922. The molecule has 1 aliphatic carbocycles. The molecule has 0 N–H and O–H groups in total. The average Bonchev–Trinajstić information content (AvgIpc) is 3.64. The summed E-state index contributed by atoms with van der Waals surface area (Å²) in [6, 6.07) is 13.4. The Labute approximate surface area is 243 Å². The van der Waals surface area contributed by atoms with E-state index in [0.717, 1.165) is 0 Å². The smallest absolute Gasteiger partial charge is 0.135 e. The molecule has 38 heavy (non-hydrogen) atoms. The monoisotopic (exact) mass is 566 g/mol. The number of fused-ring (bicyclic) bond motifs is 1. The Kier molecular flexibility index (Phi) is 7.07. The van der Waals surface area contributed by atoms with Crippen LogP contribution in [0.3, 0.4) is 0 Å². The summed E-state index contributed by atoms with van der Waals surface area (Å²) >= 11 is 7.82. The van der Waals surface area contributed by atoms with E-state index in [2.05, 4.69) is 115 Å². The molecule has 0 saturated carbocycles. The van der Waals surface area contributed by atoms with Crippen molar-refractivity contribution in [2.75, 3.05) is 0 Å². The molecule has 2 atom stereocenters. The predicted molar refractivity (Wildman–Crippen MR) is 180 cm³/mol. The SMILES string of the molecule is Bc1c(-c2ccc(C=C3C=CC(C)=CC3C)s2)sc2c(C)c(C3=CC(C)C(=Cc4ccc(C)cc4)S3)sc12. The fraction of sp³-hybridized carbons (Fsp3) is 0.212. The fourth-order valence-electron chi connectivity index (χ4n) is 5.11. The molecule has 2 aliphatic rings. The van der Waals surface area contributed by atoms with E-state index in [1.165, 1.54) is 72.0 Å². The molecule has 2 unspecified atom stereocenters. The summed E-state index contributed by atoms with van der Waals surface area (Å²) in [6.07, 6.45) is 14.0. The van der Waals surface area contributed by atoms with Gasteiger partial charge in [-0.05, 0) is 72.6 Å². The summed E-state index contributed by atoms with van der Waals surface area (Å²) in [6.45, 7) is 11.2. The molecule has 0 saturated heterocycles. The van der Waals surface area contributed by atoms with E-state index in [1.807, 2.05) is 45.8 Å². The van der Waals surface area contributed by atoms with E-state index in [4.69, 9.17) is 0 Å². The minimum atomic E-state index is 0.451. The van der Waals surface area contributed by atoms with Crippen LogP contribution in [0.4, 0.5) is 0 Å². The van der Waals surface area contributed by atoms with E-state index in [-0.39, 0.29) is 0 Å². The van der Waals surface area contributed by atoms with Crippen LogP contribution >= 0.6 is 45.8 Å². The highest BCUT2D eigenvalue weighted by Crippen LogP contribution is 2.51. The normalized spacial score (nSPS) is 21.6. The largest absolute Gasteiger partial charge is 0.143 e. The van der Waals surface area contributed by atoms with Gasteiger partial charge in [0.25, 0.3) is 0 Å². The van der Waals surface area contributed by atoms with Crippen molar-refractivity contribution in [3.05, 3.63) is 103 Å². The van der Waals surface area contributed by atoms with Crippen LogP contribution in [0.15, 0.2) is 76.8 Å². The molecule has 3 aromatic heterocycles. The lowest BCUT2D eigenvalue weighted by molar-refractivity contribution is 0.880. The Morgan fingerprint density at radius 3 is 2.26 bits per heavy atom. The van der Waals surface area contributed by atoms with Gasteiger partial charge in [0.15, 0.2) is 0 Å². The molecule has 0 nitrogen and oxygen atoms in total. The topological polar surface area (TPSA) is 0 Å². The molecule has 4 heterocycles. The number of thioether (sulfide) groups is 1. The number of aryl methyl sites for hydroxylation is 2. The van der Waals surface area contributed by atoms with Gasteiger partial charge in [0.1, 0.15) is 7.85 Å². The minimum absolute atomic E-state index is 0.451. The molecule has 0 fully saturated rings. The zero-order chi connectivity index (χ0) is 26.6. The van der Waals surface area contributed by atoms with Crippen LogP contribution in [0.25, 0.3) is 36.2 Å².